The Kier molecular flexibility index (Phi) is 8.59. The molecule has 1 fully saturated rings. The second-order valence-electron chi connectivity index (χ2n) is 9.17. The SMILES string of the molecule is O=C(CN(c1cccc(C(F)(F)F)c1)S(=O)(=O)c1ccccc1)Nc1ccccc1C(=O)N1CCCCCC1. The molecule has 7 nitrogen and oxygen atoms in total. The normalized spacial score (nSPS) is 14.4. The minimum Gasteiger partial charge on any atom is -0.339 e. The van der Waals surface area contributed by atoms with Crippen molar-refractivity contribution >= 4 is 33.2 Å². The Balaban J connectivity index is 1.64. The first-order chi connectivity index (χ1) is 18.6. The van der Waals surface area contributed by atoms with Crippen molar-refractivity contribution in [1.29, 1.82) is 0 Å². The number of hydrogen-bond donors (Lipinski definition) is 1. The number of likely N-dealkylation sites (tertiary alicyclic amines) is 1. The summed E-state index contributed by atoms with van der Waals surface area (Å²) in [4.78, 5) is 28.0. The zero-order valence-electron chi connectivity index (χ0n) is 21.0. The first-order valence-electron chi connectivity index (χ1n) is 12.5. The van der Waals surface area contributed by atoms with E-state index in [1.54, 1.807) is 29.2 Å². The number of halogens is 3. The Bertz CT molecular complexity index is 1420. The van der Waals surface area contributed by atoms with Crippen molar-refractivity contribution in [1.82, 2.24) is 4.90 Å². The predicted octanol–water partition coefficient (Wildman–Crippen LogP) is 5.56. The van der Waals surface area contributed by atoms with Gasteiger partial charge in [0.25, 0.3) is 15.9 Å². The van der Waals surface area contributed by atoms with Gasteiger partial charge in [-0.15, -0.1) is 0 Å². The van der Waals surface area contributed by atoms with Gasteiger partial charge in [-0.3, -0.25) is 13.9 Å². The molecule has 0 spiro atoms. The Labute approximate surface area is 225 Å². The average Bonchev–Trinajstić information content (AvgIpc) is 3.21. The number of rotatable bonds is 7. The fourth-order valence-electron chi connectivity index (χ4n) is 4.42. The highest BCUT2D eigenvalue weighted by Crippen LogP contribution is 2.33. The summed E-state index contributed by atoms with van der Waals surface area (Å²) in [5, 5.41) is 2.60. The van der Waals surface area contributed by atoms with E-state index < -0.39 is 34.2 Å². The van der Waals surface area contributed by atoms with E-state index in [0.717, 1.165) is 37.8 Å². The number of hydrogen-bond acceptors (Lipinski definition) is 4. The zero-order chi connectivity index (χ0) is 28.0. The third-order valence-electron chi connectivity index (χ3n) is 6.40. The summed E-state index contributed by atoms with van der Waals surface area (Å²) in [6, 6.07) is 17.3. The molecule has 11 heteroatoms. The zero-order valence-corrected chi connectivity index (χ0v) is 21.8. The van der Waals surface area contributed by atoms with Crippen LogP contribution in [0.3, 0.4) is 0 Å². The molecule has 0 aliphatic carbocycles. The number of anilines is 2. The van der Waals surface area contributed by atoms with E-state index in [0.29, 0.717) is 23.5 Å². The van der Waals surface area contributed by atoms with E-state index >= 15 is 0 Å². The van der Waals surface area contributed by atoms with Crippen molar-refractivity contribution < 1.29 is 31.2 Å². The maximum Gasteiger partial charge on any atom is 0.416 e. The number of alkyl halides is 3. The summed E-state index contributed by atoms with van der Waals surface area (Å²) in [5.74, 6) is -1.07. The molecule has 1 aliphatic heterocycles. The molecule has 1 aliphatic rings. The summed E-state index contributed by atoms with van der Waals surface area (Å²) in [6.45, 7) is 0.379. The van der Waals surface area contributed by atoms with Gasteiger partial charge in [0, 0.05) is 13.1 Å². The van der Waals surface area contributed by atoms with Gasteiger partial charge in [-0.25, -0.2) is 8.42 Å². The highest BCUT2D eigenvalue weighted by Gasteiger charge is 2.33. The lowest BCUT2D eigenvalue weighted by Crippen LogP contribution is -2.38. The molecule has 0 radical (unpaired) electrons. The van der Waals surface area contributed by atoms with Gasteiger partial charge in [0.2, 0.25) is 5.91 Å². The number of benzene rings is 3. The highest BCUT2D eigenvalue weighted by molar-refractivity contribution is 7.92. The molecule has 0 atom stereocenters. The number of carbonyl (C=O) groups excluding carboxylic acids is 2. The van der Waals surface area contributed by atoms with Gasteiger partial charge in [0.1, 0.15) is 6.54 Å². The summed E-state index contributed by atoms with van der Waals surface area (Å²) < 4.78 is 67.9. The number of para-hydroxylation sites is 1. The summed E-state index contributed by atoms with van der Waals surface area (Å²) in [6.07, 6.45) is -0.896. The third kappa shape index (κ3) is 6.78. The van der Waals surface area contributed by atoms with E-state index in [-0.39, 0.29) is 27.7 Å². The lowest BCUT2D eigenvalue weighted by atomic mass is 10.1. The van der Waals surface area contributed by atoms with Crippen molar-refractivity contribution in [3.05, 3.63) is 90.0 Å². The van der Waals surface area contributed by atoms with Gasteiger partial charge in [-0.1, -0.05) is 49.2 Å². The van der Waals surface area contributed by atoms with Crippen LogP contribution in [0.4, 0.5) is 24.5 Å². The van der Waals surface area contributed by atoms with Crippen LogP contribution in [-0.4, -0.2) is 44.8 Å². The molecule has 3 aromatic carbocycles. The molecule has 0 aromatic heterocycles. The van der Waals surface area contributed by atoms with Crippen LogP contribution < -0.4 is 9.62 Å². The molecular formula is C28H28F3N3O4S. The van der Waals surface area contributed by atoms with Crippen molar-refractivity contribution in [2.24, 2.45) is 0 Å². The average molecular weight is 560 g/mol. The quantitative estimate of drug-likeness (QED) is 0.411. The maximum absolute atomic E-state index is 13.5. The van der Waals surface area contributed by atoms with Crippen LogP contribution in [0.5, 0.6) is 0 Å². The van der Waals surface area contributed by atoms with Crippen LogP contribution >= 0.6 is 0 Å². The first-order valence-corrected chi connectivity index (χ1v) is 13.9. The van der Waals surface area contributed by atoms with Crippen molar-refractivity contribution in [2.45, 2.75) is 36.8 Å². The van der Waals surface area contributed by atoms with E-state index in [1.165, 1.54) is 36.4 Å². The lowest BCUT2D eigenvalue weighted by Gasteiger charge is -2.25. The summed E-state index contributed by atoms with van der Waals surface area (Å²) >= 11 is 0. The smallest absolute Gasteiger partial charge is 0.339 e. The van der Waals surface area contributed by atoms with Crippen LogP contribution in [0.2, 0.25) is 0 Å². The number of sulfonamides is 1. The van der Waals surface area contributed by atoms with Crippen molar-refractivity contribution in [3.63, 3.8) is 0 Å². The molecule has 1 heterocycles. The molecular weight excluding hydrogens is 531 g/mol. The molecule has 0 bridgehead atoms. The van der Waals surface area contributed by atoms with E-state index in [2.05, 4.69) is 5.32 Å². The van der Waals surface area contributed by atoms with Gasteiger partial charge in [0.15, 0.2) is 0 Å². The molecule has 39 heavy (non-hydrogen) atoms. The standard InChI is InChI=1S/C28H28F3N3O4S/c29-28(30,31)21-11-10-12-22(19-21)34(39(37,38)23-13-4-3-5-14-23)20-26(35)32-25-16-7-6-15-24(25)27(36)33-17-8-1-2-9-18-33/h3-7,10-16,19H,1-2,8-9,17-18,20H2,(H,32,35). The lowest BCUT2D eigenvalue weighted by molar-refractivity contribution is -0.137. The fourth-order valence-corrected chi connectivity index (χ4v) is 5.85. The number of nitrogens with one attached hydrogen (secondary N) is 1. The Morgan fingerprint density at radius 2 is 1.49 bits per heavy atom. The van der Waals surface area contributed by atoms with Crippen molar-refractivity contribution in [3.8, 4) is 0 Å². The van der Waals surface area contributed by atoms with E-state index in [9.17, 15) is 31.2 Å². The molecule has 0 unspecified atom stereocenters. The third-order valence-corrected chi connectivity index (χ3v) is 8.19. The minimum absolute atomic E-state index is 0.188. The van der Waals surface area contributed by atoms with Crippen LogP contribution in [0.25, 0.3) is 0 Å². The van der Waals surface area contributed by atoms with E-state index in [1.807, 2.05) is 0 Å². The van der Waals surface area contributed by atoms with E-state index in [4.69, 9.17) is 0 Å². The number of nitrogens with zero attached hydrogens (tertiary/aromatic N) is 2. The van der Waals surface area contributed by atoms with Gasteiger partial charge < -0.3 is 10.2 Å². The fraction of sp³-hybridized carbons (Fsp3) is 0.286. The number of carbonyl (C=O) groups is 2. The second-order valence-corrected chi connectivity index (χ2v) is 11.0. The van der Waals surface area contributed by atoms with Crippen LogP contribution in [-0.2, 0) is 21.0 Å². The Morgan fingerprint density at radius 3 is 2.15 bits per heavy atom. The van der Waals surface area contributed by atoms with Gasteiger partial charge in [-0.2, -0.15) is 13.2 Å². The highest BCUT2D eigenvalue weighted by atomic mass is 32.2. The molecule has 1 N–H and O–H groups in total. The maximum atomic E-state index is 13.5. The molecule has 1 saturated heterocycles. The molecule has 3 aromatic rings. The van der Waals surface area contributed by atoms with Crippen LogP contribution in [0.15, 0.2) is 83.8 Å². The van der Waals surface area contributed by atoms with Crippen molar-refractivity contribution in [2.75, 3.05) is 29.3 Å². The second kappa shape index (κ2) is 11.9. The Hall–Kier alpha value is -3.86. The number of amides is 2. The summed E-state index contributed by atoms with van der Waals surface area (Å²) in [5.41, 5.74) is -0.929. The van der Waals surface area contributed by atoms with Crippen LogP contribution in [0, 0.1) is 0 Å². The summed E-state index contributed by atoms with van der Waals surface area (Å²) in [7, 11) is -4.42. The Morgan fingerprint density at radius 1 is 0.846 bits per heavy atom. The largest absolute Gasteiger partial charge is 0.416 e. The van der Waals surface area contributed by atoms with Crippen LogP contribution in [0.1, 0.15) is 41.6 Å². The van der Waals surface area contributed by atoms with Gasteiger partial charge in [0.05, 0.1) is 27.4 Å². The predicted molar refractivity (Wildman–Crippen MR) is 142 cm³/mol. The monoisotopic (exact) mass is 559 g/mol. The van der Waals surface area contributed by atoms with Gasteiger partial charge >= 0.3 is 6.18 Å². The topological polar surface area (TPSA) is 86.8 Å². The minimum atomic E-state index is -4.72. The molecule has 0 saturated carbocycles. The first kappa shape index (κ1) is 28.2. The molecule has 206 valence electrons. The molecule has 2 amide bonds. The van der Waals surface area contributed by atoms with Gasteiger partial charge in [-0.05, 0) is 55.3 Å². The molecule has 4 rings (SSSR count).